The van der Waals surface area contributed by atoms with Crippen molar-refractivity contribution in [2.24, 2.45) is 0 Å². The summed E-state index contributed by atoms with van der Waals surface area (Å²) in [5.74, 6) is 0.613. The Balaban J connectivity index is 1.54. The highest BCUT2D eigenvalue weighted by Crippen LogP contribution is 2.29. The predicted molar refractivity (Wildman–Crippen MR) is 144 cm³/mol. The summed E-state index contributed by atoms with van der Waals surface area (Å²) < 4.78 is 5.64. The van der Waals surface area contributed by atoms with E-state index in [0.29, 0.717) is 11.0 Å². The highest BCUT2D eigenvalue weighted by Gasteiger charge is 2.19. The minimum absolute atomic E-state index is 0.613. The van der Waals surface area contributed by atoms with Crippen LogP contribution in [0.25, 0.3) is 0 Å². The first-order valence-electron chi connectivity index (χ1n) is 12.5. The van der Waals surface area contributed by atoms with E-state index in [2.05, 4.69) is 55.4 Å². The van der Waals surface area contributed by atoms with E-state index in [-0.39, 0.29) is 0 Å². The number of aryl methyl sites for hydroxylation is 2. The molecule has 5 heteroatoms. The quantitative estimate of drug-likeness (QED) is 0.279. The highest BCUT2D eigenvalue weighted by atomic mass is 32.2. The van der Waals surface area contributed by atoms with Crippen LogP contribution in [0.1, 0.15) is 76.4 Å². The molecule has 1 aromatic carbocycles. The molecule has 0 radical (unpaired) electrons. The van der Waals surface area contributed by atoms with Crippen LogP contribution in [0.15, 0.2) is 42.7 Å². The smallest absolute Gasteiger partial charge is 0.0961 e. The van der Waals surface area contributed by atoms with Gasteiger partial charge in [0.25, 0.3) is 0 Å². The van der Waals surface area contributed by atoms with E-state index in [1.165, 1.54) is 46.0 Å². The summed E-state index contributed by atoms with van der Waals surface area (Å²) >= 11 is 1.50. The molecule has 2 aromatic heterocycles. The zero-order valence-corrected chi connectivity index (χ0v) is 21.6. The van der Waals surface area contributed by atoms with E-state index in [1.807, 2.05) is 12.5 Å². The van der Waals surface area contributed by atoms with E-state index >= 15 is 0 Å². The van der Waals surface area contributed by atoms with E-state index in [9.17, 15) is 0 Å². The van der Waals surface area contributed by atoms with Gasteiger partial charge in [0.15, 0.2) is 0 Å². The molecule has 1 fully saturated rings. The standard InChI is InChI=1S/C29H37N3OS/c1-20-21(2)28(29(30)34-3)26(8-4-6-23-13-15-31-19-23)32-27(20)18-22-9-11-25(12-10-22)24-7-5-16-33-17-14-24/h9-13,15,19,24,30-31H,4-8,14,16-18H2,1-3H3. The van der Waals surface area contributed by atoms with Gasteiger partial charge >= 0.3 is 0 Å². The molecule has 34 heavy (non-hydrogen) atoms. The lowest BCUT2D eigenvalue weighted by Crippen LogP contribution is -2.12. The average Bonchev–Trinajstić information content (AvgIpc) is 3.22. The molecule has 1 unspecified atom stereocenters. The number of ether oxygens (including phenoxy) is 1. The molecule has 1 atom stereocenters. The lowest BCUT2D eigenvalue weighted by Gasteiger charge is -2.18. The van der Waals surface area contributed by atoms with Crippen molar-refractivity contribution in [2.75, 3.05) is 19.5 Å². The first kappa shape index (κ1) is 24.7. The number of nitrogens with zero attached hydrogens (tertiary/aromatic N) is 1. The Bertz CT molecular complexity index is 1080. The van der Waals surface area contributed by atoms with Crippen LogP contribution in [0.3, 0.4) is 0 Å². The van der Waals surface area contributed by atoms with E-state index in [1.54, 1.807) is 0 Å². The fraction of sp³-hybridized carbons (Fsp3) is 0.448. The molecule has 1 aliphatic heterocycles. The van der Waals surface area contributed by atoms with Gasteiger partial charge in [0, 0.05) is 43.3 Å². The maximum absolute atomic E-state index is 8.57. The van der Waals surface area contributed by atoms with Gasteiger partial charge in [0.1, 0.15) is 0 Å². The van der Waals surface area contributed by atoms with Gasteiger partial charge in [0.05, 0.1) is 10.7 Å². The topological polar surface area (TPSA) is 61.8 Å². The molecule has 0 amide bonds. The molecule has 3 heterocycles. The van der Waals surface area contributed by atoms with E-state index in [4.69, 9.17) is 15.1 Å². The minimum atomic E-state index is 0.613. The summed E-state index contributed by atoms with van der Waals surface area (Å²) in [6, 6.07) is 11.3. The largest absolute Gasteiger partial charge is 0.381 e. The number of benzene rings is 1. The summed E-state index contributed by atoms with van der Waals surface area (Å²) in [6.45, 7) is 6.10. The Morgan fingerprint density at radius 3 is 2.59 bits per heavy atom. The Hall–Kier alpha value is -2.37. The van der Waals surface area contributed by atoms with Gasteiger partial charge in [-0.1, -0.05) is 24.3 Å². The van der Waals surface area contributed by atoms with Crippen molar-refractivity contribution in [3.8, 4) is 0 Å². The van der Waals surface area contributed by atoms with Crippen molar-refractivity contribution in [3.05, 3.63) is 87.5 Å². The molecule has 1 aliphatic rings. The molecule has 4 nitrogen and oxygen atoms in total. The Morgan fingerprint density at radius 1 is 1.03 bits per heavy atom. The molecule has 3 aromatic rings. The second-order valence-corrected chi connectivity index (χ2v) is 10.2. The second kappa shape index (κ2) is 11.9. The van der Waals surface area contributed by atoms with Crippen LogP contribution in [-0.2, 0) is 24.0 Å². The van der Waals surface area contributed by atoms with Crippen LogP contribution in [-0.4, -0.2) is 34.5 Å². The second-order valence-electron chi connectivity index (χ2n) is 9.39. The van der Waals surface area contributed by atoms with Gasteiger partial charge in [-0.15, -0.1) is 11.8 Å². The molecule has 0 spiro atoms. The van der Waals surface area contributed by atoms with Crippen molar-refractivity contribution in [2.45, 2.75) is 64.7 Å². The van der Waals surface area contributed by atoms with Crippen LogP contribution >= 0.6 is 11.8 Å². The van der Waals surface area contributed by atoms with Crippen LogP contribution in [0.5, 0.6) is 0 Å². The zero-order chi connectivity index (χ0) is 23.9. The maximum Gasteiger partial charge on any atom is 0.0961 e. The van der Waals surface area contributed by atoms with Crippen LogP contribution < -0.4 is 0 Å². The Morgan fingerprint density at radius 2 is 1.85 bits per heavy atom. The molecule has 0 aliphatic carbocycles. The third-order valence-corrected chi connectivity index (χ3v) is 7.79. The number of hydrogen-bond acceptors (Lipinski definition) is 4. The first-order valence-corrected chi connectivity index (χ1v) is 13.7. The molecular weight excluding hydrogens is 438 g/mol. The monoisotopic (exact) mass is 475 g/mol. The van der Waals surface area contributed by atoms with E-state index in [0.717, 1.165) is 68.7 Å². The molecule has 0 bridgehead atoms. The van der Waals surface area contributed by atoms with Crippen molar-refractivity contribution < 1.29 is 4.74 Å². The van der Waals surface area contributed by atoms with Gasteiger partial charge in [-0.25, -0.2) is 0 Å². The maximum atomic E-state index is 8.57. The van der Waals surface area contributed by atoms with Gasteiger partial charge in [-0.2, -0.15) is 0 Å². The number of aromatic amines is 1. The van der Waals surface area contributed by atoms with E-state index < -0.39 is 0 Å². The highest BCUT2D eigenvalue weighted by molar-refractivity contribution is 8.13. The number of H-pyrrole nitrogens is 1. The molecule has 0 saturated carbocycles. The van der Waals surface area contributed by atoms with Crippen molar-refractivity contribution in [1.29, 1.82) is 5.41 Å². The number of pyridine rings is 1. The predicted octanol–water partition coefficient (Wildman–Crippen LogP) is 6.77. The van der Waals surface area contributed by atoms with Gasteiger partial charge < -0.3 is 9.72 Å². The molecular formula is C29H37N3OS. The van der Waals surface area contributed by atoms with Crippen LogP contribution in [0, 0.1) is 19.3 Å². The molecule has 2 N–H and O–H groups in total. The third kappa shape index (κ3) is 6.00. The van der Waals surface area contributed by atoms with Crippen molar-refractivity contribution in [1.82, 2.24) is 9.97 Å². The Kier molecular flexibility index (Phi) is 8.63. The lowest BCUT2D eigenvalue weighted by atomic mass is 9.90. The third-order valence-electron chi connectivity index (χ3n) is 7.18. The zero-order valence-electron chi connectivity index (χ0n) is 20.7. The molecule has 1 saturated heterocycles. The van der Waals surface area contributed by atoms with Gasteiger partial charge in [0.2, 0.25) is 0 Å². The van der Waals surface area contributed by atoms with Crippen LogP contribution in [0.4, 0.5) is 0 Å². The average molecular weight is 476 g/mol. The molecule has 180 valence electrons. The number of hydrogen-bond donors (Lipinski definition) is 2. The summed E-state index contributed by atoms with van der Waals surface area (Å²) in [5, 5.41) is 9.19. The van der Waals surface area contributed by atoms with Crippen LogP contribution in [0.2, 0.25) is 0 Å². The summed E-state index contributed by atoms with van der Waals surface area (Å²) in [4.78, 5) is 8.30. The lowest BCUT2D eigenvalue weighted by molar-refractivity contribution is 0.143. The van der Waals surface area contributed by atoms with Gasteiger partial charge in [-0.05, 0) is 98.4 Å². The Labute approximate surface area is 208 Å². The normalized spacial score (nSPS) is 16.4. The summed E-state index contributed by atoms with van der Waals surface area (Å²) in [6.07, 6.45) is 13.3. The van der Waals surface area contributed by atoms with Crippen molar-refractivity contribution >= 4 is 16.8 Å². The number of nitrogens with one attached hydrogen (secondary N) is 2. The SMILES string of the molecule is CSC(=N)c1c(CCCc2cc[nH]c2)nc(Cc2ccc(C3CCCOCC3)cc2)c(C)c1C. The van der Waals surface area contributed by atoms with Gasteiger partial charge in [-0.3, -0.25) is 10.4 Å². The summed E-state index contributed by atoms with van der Waals surface area (Å²) in [7, 11) is 0. The first-order chi connectivity index (χ1) is 16.6. The fourth-order valence-electron chi connectivity index (χ4n) is 4.99. The minimum Gasteiger partial charge on any atom is -0.381 e. The number of thioether (sulfide) groups is 1. The fourth-order valence-corrected chi connectivity index (χ4v) is 5.47. The number of rotatable bonds is 8. The number of aromatic nitrogens is 2. The summed E-state index contributed by atoms with van der Waals surface area (Å²) in [5.41, 5.74) is 9.73. The molecule has 4 rings (SSSR count). The van der Waals surface area contributed by atoms with Crippen molar-refractivity contribution in [3.63, 3.8) is 0 Å².